The molecule has 0 aliphatic carbocycles. The molecule has 190 valence electrons. The summed E-state index contributed by atoms with van der Waals surface area (Å²) in [7, 11) is 0. The molecule has 36 heavy (non-hydrogen) atoms. The highest BCUT2D eigenvalue weighted by Crippen LogP contribution is 2.25. The van der Waals surface area contributed by atoms with Crippen molar-refractivity contribution in [3.63, 3.8) is 0 Å². The lowest BCUT2D eigenvalue weighted by atomic mass is 10.1. The van der Waals surface area contributed by atoms with Crippen molar-refractivity contribution in [3.05, 3.63) is 58.6 Å². The second-order valence-corrected chi connectivity index (χ2v) is 9.60. The number of fused-ring (bicyclic) bond motifs is 1. The zero-order chi connectivity index (χ0) is 25.1. The minimum Gasteiger partial charge on any atom is -0.376 e. The summed E-state index contributed by atoms with van der Waals surface area (Å²) in [6.07, 6.45) is 8.03. The van der Waals surface area contributed by atoms with Crippen molar-refractivity contribution >= 4 is 11.8 Å². The van der Waals surface area contributed by atoms with Gasteiger partial charge in [-0.25, -0.2) is 0 Å². The van der Waals surface area contributed by atoms with Gasteiger partial charge in [0.05, 0.1) is 22.9 Å². The van der Waals surface area contributed by atoms with Gasteiger partial charge in [-0.3, -0.25) is 14.4 Å². The highest BCUT2D eigenvalue weighted by Gasteiger charge is 2.30. The highest BCUT2D eigenvalue weighted by atomic mass is 16.5. The number of para-hydroxylation sites is 1. The van der Waals surface area contributed by atoms with E-state index in [2.05, 4.69) is 12.0 Å². The van der Waals surface area contributed by atoms with Gasteiger partial charge in [0.15, 0.2) is 0 Å². The average Bonchev–Trinajstić information content (AvgIpc) is 3.55. The van der Waals surface area contributed by atoms with Crippen LogP contribution in [0.5, 0.6) is 0 Å². The Hall–Kier alpha value is -3.46. The Kier molecular flexibility index (Phi) is 7.18. The third-order valence-electron chi connectivity index (χ3n) is 7.06. The number of carbonyl (C=O) groups is 2. The molecule has 0 saturated carbocycles. The molecule has 5 rings (SSSR count). The first-order valence-electron chi connectivity index (χ1n) is 12.9. The van der Waals surface area contributed by atoms with Crippen LogP contribution in [-0.2, 0) is 16.1 Å². The van der Waals surface area contributed by atoms with E-state index in [-0.39, 0.29) is 23.5 Å². The maximum absolute atomic E-state index is 13.7. The van der Waals surface area contributed by atoms with Gasteiger partial charge in [0.2, 0.25) is 5.91 Å². The van der Waals surface area contributed by atoms with Gasteiger partial charge < -0.3 is 19.1 Å². The molecule has 1 aromatic carbocycles. The fraction of sp³-hybridized carbons (Fsp3) is 0.481. The van der Waals surface area contributed by atoms with E-state index in [0.29, 0.717) is 61.7 Å². The topological polar surface area (TPSA) is 89.7 Å². The lowest BCUT2D eigenvalue weighted by molar-refractivity contribution is -0.132. The zero-order valence-corrected chi connectivity index (χ0v) is 20.8. The van der Waals surface area contributed by atoms with Crippen molar-refractivity contribution in [1.29, 1.82) is 0 Å². The van der Waals surface area contributed by atoms with E-state index in [4.69, 9.17) is 4.74 Å². The van der Waals surface area contributed by atoms with E-state index in [9.17, 15) is 14.4 Å². The summed E-state index contributed by atoms with van der Waals surface area (Å²) in [6.45, 7) is 5.34. The summed E-state index contributed by atoms with van der Waals surface area (Å²) in [6, 6.07) is 9.24. The molecule has 2 fully saturated rings. The van der Waals surface area contributed by atoms with Gasteiger partial charge in [0.1, 0.15) is 5.69 Å². The second kappa shape index (κ2) is 10.7. The van der Waals surface area contributed by atoms with Crippen LogP contribution in [0, 0.1) is 0 Å². The van der Waals surface area contributed by atoms with Crippen LogP contribution in [0.15, 0.2) is 47.5 Å². The van der Waals surface area contributed by atoms with Crippen LogP contribution in [0.3, 0.4) is 0 Å². The number of unbranched alkanes of at least 4 members (excludes halogenated alkanes) is 1. The molecule has 0 radical (unpaired) electrons. The van der Waals surface area contributed by atoms with Gasteiger partial charge in [0, 0.05) is 58.1 Å². The predicted molar refractivity (Wildman–Crippen MR) is 135 cm³/mol. The average molecular weight is 492 g/mol. The molecular weight excluding hydrogens is 458 g/mol. The second-order valence-electron chi connectivity index (χ2n) is 9.60. The van der Waals surface area contributed by atoms with E-state index in [1.165, 1.54) is 4.68 Å². The summed E-state index contributed by atoms with van der Waals surface area (Å²) < 4.78 is 9.06. The van der Waals surface area contributed by atoms with E-state index in [1.54, 1.807) is 17.3 Å². The Morgan fingerprint density at radius 2 is 1.81 bits per heavy atom. The molecule has 4 aliphatic heterocycles. The summed E-state index contributed by atoms with van der Waals surface area (Å²) >= 11 is 0. The smallest absolute Gasteiger partial charge is 0.282 e. The summed E-state index contributed by atoms with van der Waals surface area (Å²) in [5, 5.41) is 4.60. The zero-order valence-electron chi connectivity index (χ0n) is 20.8. The SMILES string of the molecule is CCCCC(=O)N1CCN(C(=O)c2cn(C[C@H]3CCCO3)cc3c(=O)n(-c4ccccc4)nc2-3)CC1. The molecule has 0 spiro atoms. The fourth-order valence-corrected chi connectivity index (χ4v) is 5.01. The third kappa shape index (κ3) is 4.93. The molecule has 1 atom stereocenters. The number of amides is 2. The Bertz CT molecular complexity index is 1240. The third-order valence-corrected chi connectivity index (χ3v) is 7.06. The molecule has 9 nitrogen and oxygen atoms in total. The first-order valence-corrected chi connectivity index (χ1v) is 12.9. The number of benzene rings is 1. The van der Waals surface area contributed by atoms with Gasteiger partial charge in [-0.1, -0.05) is 31.5 Å². The fourth-order valence-electron chi connectivity index (χ4n) is 5.01. The van der Waals surface area contributed by atoms with E-state index < -0.39 is 0 Å². The van der Waals surface area contributed by atoms with Crippen LogP contribution in [0.4, 0.5) is 0 Å². The van der Waals surface area contributed by atoms with Crippen molar-refractivity contribution in [2.45, 2.75) is 51.7 Å². The number of rotatable bonds is 7. The van der Waals surface area contributed by atoms with Crippen molar-refractivity contribution in [2.24, 2.45) is 0 Å². The monoisotopic (exact) mass is 491 g/mol. The van der Waals surface area contributed by atoms with E-state index in [1.807, 2.05) is 39.8 Å². The molecule has 0 N–H and O–H groups in total. The number of hydrogen-bond donors (Lipinski definition) is 0. The van der Waals surface area contributed by atoms with Gasteiger partial charge in [-0.15, -0.1) is 0 Å². The van der Waals surface area contributed by atoms with Crippen LogP contribution in [-0.4, -0.2) is 74.9 Å². The highest BCUT2D eigenvalue weighted by molar-refractivity contribution is 6.00. The lowest BCUT2D eigenvalue weighted by Gasteiger charge is -2.35. The van der Waals surface area contributed by atoms with Crippen LogP contribution in [0.2, 0.25) is 0 Å². The van der Waals surface area contributed by atoms with Crippen molar-refractivity contribution in [1.82, 2.24) is 24.1 Å². The molecule has 0 bridgehead atoms. The predicted octanol–water partition coefficient (Wildman–Crippen LogP) is 2.79. The van der Waals surface area contributed by atoms with Crippen LogP contribution in [0.25, 0.3) is 16.9 Å². The van der Waals surface area contributed by atoms with Crippen molar-refractivity contribution < 1.29 is 14.3 Å². The summed E-state index contributed by atoms with van der Waals surface area (Å²) in [5.74, 6) is -0.0156. The number of ether oxygens (including phenoxy) is 1. The lowest BCUT2D eigenvalue weighted by Crippen LogP contribution is -2.50. The molecular formula is C27H33N5O4. The Morgan fingerprint density at radius 3 is 2.50 bits per heavy atom. The molecule has 2 saturated heterocycles. The summed E-state index contributed by atoms with van der Waals surface area (Å²) in [5.41, 5.74) is 1.62. The minimum absolute atomic E-state index is 0.0624. The number of carbonyl (C=O) groups excluding carboxylic acids is 2. The van der Waals surface area contributed by atoms with Crippen molar-refractivity contribution in [2.75, 3.05) is 32.8 Å². The molecule has 0 unspecified atom stereocenters. The largest absolute Gasteiger partial charge is 0.376 e. The maximum atomic E-state index is 13.7. The van der Waals surface area contributed by atoms with E-state index in [0.717, 1.165) is 32.3 Å². The first-order chi connectivity index (χ1) is 17.5. The molecule has 9 heteroatoms. The van der Waals surface area contributed by atoms with Gasteiger partial charge in [-0.2, -0.15) is 9.78 Å². The standard InChI is InChI=1S/C27H33N5O4/c1-2-3-11-24(33)30-12-14-31(15-13-30)26(34)22-18-29(17-21-10-7-16-36-21)19-23-25(22)28-32(27(23)35)20-8-5-4-6-9-20/h4-6,8-9,18-19,21H,2-3,7,10-17H2,1H3/t21-/m1/s1. The number of nitrogens with zero attached hydrogens (tertiary/aromatic N) is 5. The molecule has 1 aromatic rings. The van der Waals surface area contributed by atoms with Gasteiger partial charge in [-0.05, 0) is 31.4 Å². The first kappa shape index (κ1) is 24.2. The molecule has 4 heterocycles. The number of hydrogen-bond acceptors (Lipinski definition) is 5. The van der Waals surface area contributed by atoms with Crippen LogP contribution >= 0.6 is 0 Å². The summed E-state index contributed by atoms with van der Waals surface area (Å²) in [4.78, 5) is 43.1. The molecule has 0 aromatic heterocycles. The Balaban J connectivity index is 1.45. The van der Waals surface area contributed by atoms with E-state index >= 15 is 0 Å². The normalized spacial score (nSPS) is 18.2. The van der Waals surface area contributed by atoms with Gasteiger partial charge >= 0.3 is 0 Å². The van der Waals surface area contributed by atoms with Crippen molar-refractivity contribution in [3.8, 4) is 16.9 Å². The van der Waals surface area contributed by atoms with Crippen LogP contribution < -0.4 is 5.56 Å². The Morgan fingerprint density at radius 1 is 1.06 bits per heavy atom. The minimum atomic E-state index is -0.252. The van der Waals surface area contributed by atoms with Gasteiger partial charge in [0.25, 0.3) is 11.5 Å². The molecule has 4 aliphatic rings. The molecule has 2 amide bonds. The maximum Gasteiger partial charge on any atom is 0.282 e. The number of pyridine rings is 1. The quantitative estimate of drug-likeness (QED) is 0.507. The van der Waals surface area contributed by atoms with Crippen LogP contribution in [0.1, 0.15) is 49.4 Å². The Labute approximate surface area is 210 Å². The number of piperazine rings is 1. The number of aromatic nitrogens is 3.